The molecule has 1 unspecified atom stereocenters. The SMILES string of the molecule is COCC(C)NC(=O)CN1CCC(Cc2ccccc2)CC1. The molecule has 1 fully saturated rings. The third kappa shape index (κ3) is 5.78. The highest BCUT2D eigenvalue weighted by Gasteiger charge is 2.21. The summed E-state index contributed by atoms with van der Waals surface area (Å²) < 4.78 is 5.04. The van der Waals surface area contributed by atoms with E-state index in [1.165, 1.54) is 18.4 Å². The Labute approximate surface area is 133 Å². The van der Waals surface area contributed by atoms with Crippen LogP contribution in [0.25, 0.3) is 0 Å². The van der Waals surface area contributed by atoms with Gasteiger partial charge >= 0.3 is 0 Å². The van der Waals surface area contributed by atoms with Crippen molar-refractivity contribution in [2.75, 3.05) is 33.4 Å². The zero-order chi connectivity index (χ0) is 15.8. The lowest BCUT2D eigenvalue weighted by Crippen LogP contribution is -2.45. The first-order valence-corrected chi connectivity index (χ1v) is 8.22. The highest BCUT2D eigenvalue weighted by atomic mass is 16.5. The highest BCUT2D eigenvalue weighted by molar-refractivity contribution is 5.78. The van der Waals surface area contributed by atoms with E-state index in [4.69, 9.17) is 4.74 Å². The molecule has 4 nitrogen and oxygen atoms in total. The van der Waals surface area contributed by atoms with Crippen LogP contribution in [0.15, 0.2) is 30.3 Å². The maximum atomic E-state index is 12.0. The van der Waals surface area contributed by atoms with Crippen molar-refractivity contribution in [1.29, 1.82) is 0 Å². The molecule has 1 aromatic carbocycles. The van der Waals surface area contributed by atoms with E-state index < -0.39 is 0 Å². The van der Waals surface area contributed by atoms with E-state index in [-0.39, 0.29) is 11.9 Å². The van der Waals surface area contributed by atoms with Crippen LogP contribution >= 0.6 is 0 Å². The molecule has 1 aliphatic rings. The number of carbonyl (C=O) groups is 1. The van der Waals surface area contributed by atoms with Gasteiger partial charge in [0.1, 0.15) is 0 Å². The third-order valence-electron chi connectivity index (χ3n) is 4.27. The van der Waals surface area contributed by atoms with Gasteiger partial charge in [0.25, 0.3) is 0 Å². The van der Waals surface area contributed by atoms with E-state index in [1.807, 2.05) is 6.92 Å². The van der Waals surface area contributed by atoms with Crippen molar-refractivity contribution < 1.29 is 9.53 Å². The lowest BCUT2D eigenvalue weighted by Gasteiger charge is -2.31. The largest absolute Gasteiger partial charge is 0.383 e. The predicted molar refractivity (Wildman–Crippen MR) is 88.8 cm³/mol. The third-order valence-corrected chi connectivity index (χ3v) is 4.27. The molecule has 1 atom stereocenters. The Morgan fingerprint density at radius 3 is 2.64 bits per heavy atom. The van der Waals surface area contributed by atoms with Crippen molar-refractivity contribution in [3.05, 3.63) is 35.9 Å². The molecule has 1 heterocycles. The average molecular weight is 304 g/mol. The van der Waals surface area contributed by atoms with Gasteiger partial charge in [-0.3, -0.25) is 9.69 Å². The lowest BCUT2D eigenvalue weighted by molar-refractivity contribution is -0.123. The summed E-state index contributed by atoms with van der Waals surface area (Å²) in [5, 5.41) is 2.97. The molecular formula is C18H28N2O2. The van der Waals surface area contributed by atoms with Gasteiger partial charge in [0.15, 0.2) is 0 Å². The Morgan fingerprint density at radius 1 is 1.32 bits per heavy atom. The first-order valence-electron chi connectivity index (χ1n) is 8.22. The summed E-state index contributed by atoms with van der Waals surface area (Å²) in [6, 6.07) is 10.8. The molecule has 22 heavy (non-hydrogen) atoms. The summed E-state index contributed by atoms with van der Waals surface area (Å²) in [5.74, 6) is 0.847. The molecule has 1 amide bonds. The number of piperidine rings is 1. The van der Waals surface area contributed by atoms with E-state index >= 15 is 0 Å². The van der Waals surface area contributed by atoms with Gasteiger partial charge in [0, 0.05) is 13.2 Å². The molecular weight excluding hydrogens is 276 g/mol. The van der Waals surface area contributed by atoms with Crippen molar-refractivity contribution in [3.8, 4) is 0 Å². The summed E-state index contributed by atoms with van der Waals surface area (Å²) in [7, 11) is 1.65. The van der Waals surface area contributed by atoms with Gasteiger partial charge in [0.2, 0.25) is 5.91 Å². The summed E-state index contributed by atoms with van der Waals surface area (Å²) in [6.07, 6.45) is 3.51. The summed E-state index contributed by atoms with van der Waals surface area (Å²) in [4.78, 5) is 14.2. The van der Waals surface area contributed by atoms with E-state index in [9.17, 15) is 4.79 Å². The first kappa shape index (κ1) is 17.0. The fraction of sp³-hybridized carbons (Fsp3) is 0.611. The zero-order valence-corrected chi connectivity index (χ0v) is 13.8. The summed E-state index contributed by atoms with van der Waals surface area (Å²) in [5.41, 5.74) is 1.42. The molecule has 0 radical (unpaired) electrons. The Kier molecular flexibility index (Phi) is 6.87. The number of rotatable bonds is 7. The fourth-order valence-electron chi connectivity index (χ4n) is 3.11. The molecule has 1 aromatic rings. The maximum absolute atomic E-state index is 12.0. The van der Waals surface area contributed by atoms with Crippen LogP contribution in [-0.4, -0.2) is 50.2 Å². The smallest absolute Gasteiger partial charge is 0.234 e. The normalized spacial score (nSPS) is 18.1. The average Bonchev–Trinajstić information content (AvgIpc) is 2.50. The number of nitrogens with zero attached hydrogens (tertiary/aromatic N) is 1. The van der Waals surface area contributed by atoms with E-state index in [0.717, 1.165) is 25.4 Å². The number of methoxy groups -OCH3 is 1. The molecule has 0 aliphatic carbocycles. The Balaban J connectivity index is 1.67. The number of carbonyl (C=O) groups excluding carboxylic acids is 1. The number of hydrogen-bond acceptors (Lipinski definition) is 3. The van der Waals surface area contributed by atoms with Crippen LogP contribution in [0.4, 0.5) is 0 Å². The molecule has 4 heteroatoms. The molecule has 0 saturated carbocycles. The van der Waals surface area contributed by atoms with Gasteiger partial charge in [-0.05, 0) is 50.8 Å². The molecule has 2 rings (SSSR count). The van der Waals surface area contributed by atoms with Crippen LogP contribution in [0.3, 0.4) is 0 Å². The monoisotopic (exact) mass is 304 g/mol. The van der Waals surface area contributed by atoms with Crippen molar-refractivity contribution >= 4 is 5.91 Å². The fourth-order valence-corrected chi connectivity index (χ4v) is 3.11. The van der Waals surface area contributed by atoms with E-state index in [0.29, 0.717) is 13.2 Å². The topological polar surface area (TPSA) is 41.6 Å². The van der Waals surface area contributed by atoms with Crippen LogP contribution in [0, 0.1) is 5.92 Å². The molecule has 1 aliphatic heterocycles. The lowest BCUT2D eigenvalue weighted by atomic mass is 9.90. The Hall–Kier alpha value is -1.39. The van der Waals surface area contributed by atoms with Gasteiger partial charge in [-0.1, -0.05) is 30.3 Å². The second kappa shape index (κ2) is 8.91. The van der Waals surface area contributed by atoms with Crippen molar-refractivity contribution in [2.24, 2.45) is 5.92 Å². The number of likely N-dealkylation sites (tertiary alicyclic amines) is 1. The number of nitrogens with one attached hydrogen (secondary N) is 1. The van der Waals surface area contributed by atoms with Crippen molar-refractivity contribution in [2.45, 2.75) is 32.2 Å². The standard InChI is InChI=1S/C18H28N2O2/c1-15(14-22-2)19-18(21)13-20-10-8-17(9-11-20)12-16-6-4-3-5-7-16/h3-7,15,17H,8-14H2,1-2H3,(H,19,21). The van der Waals surface area contributed by atoms with Crippen LogP contribution in [0.1, 0.15) is 25.3 Å². The van der Waals surface area contributed by atoms with Crippen LogP contribution in [0.2, 0.25) is 0 Å². The van der Waals surface area contributed by atoms with Gasteiger partial charge in [-0.2, -0.15) is 0 Å². The van der Waals surface area contributed by atoms with Crippen LogP contribution in [0.5, 0.6) is 0 Å². The van der Waals surface area contributed by atoms with Gasteiger partial charge in [-0.25, -0.2) is 0 Å². The van der Waals surface area contributed by atoms with E-state index in [1.54, 1.807) is 7.11 Å². The second-order valence-corrected chi connectivity index (χ2v) is 6.33. The van der Waals surface area contributed by atoms with E-state index in [2.05, 4.69) is 40.5 Å². The molecule has 122 valence electrons. The van der Waals surface area contributed by atoms with Crippen molar-refractivity contribution in [3.63, 3.8) is 0 Å². The van der Waals surface area contributed by atoms with Gasteiger partial charge < -0.3 is 10.1 Å². The summed E-state index contributed by atoms with van der Waals surface area (Å²) in [6.45, 7) is 5.07. The molecule has 0 bridgehead atoms. The minimum absolute atomic E-state index is 0.0770. The number of hydrogen-bond donors (Lipinski definition) is 1. The number of benzene rings is 1. The Bertz CT molecular complexity index is 442. The second-order valence-electron chi connectivity index (χ2n) is 6.33. The number of amides is 1. The quantitative estimate of drug-likeness (QED) is 0.839. The van der Waals surface area contributed by atoms with Crippen molar-refractivity contribution in [1.82, 2.24) is 10.2 Å². The molecule has 1 N–H and O–H groups in total. The maximum Gasteiger partial charge on any atom is 0.234 e. The first-order chi connectivity index (χ1) is 10.7. The minimum atomic E-state index is 0.0770. The van der Waals surface area contributed by atoms with Crippen LogP contribution in [-0.2, 0) is 16.0 Å². The summed E-state index contributed by atoms with van der Waals surface area (Å²) >= 11 is 0. The number of ether oxygens (including phenoxy) is 1. The predicted octanol–water partition coefficient (Wildman–Crippen LogP) is 2.09. The molecule has 1 saturated heterocycles. The minimum Gasteiger partial charge on any atom is -0.383 e. The van der Waals surface area contributed by atoms with Crippen LogP contribution < -0.4 is 5.32 Å². The Morgan fingerprint density at radius 2 is 2.00 bits per heavy atom. The highest BCUT2D eigenvalue weighted by Crippen LogP contribution is 2.21. The van der Waals surface area contributed by atoms with Gasteiger partial charge in [-0.15, -0.1) is 0 Å². The van der Waals surface area contributed by atoms with Gasteiger partial charge in [0.05, 0.1) is 13.2 Å². The zero-order valence-electron chi connectivity index (χ0n) is 13.8. The molecule has 0 spiro atoms. The molecule has 0 aromatic heterocycles.